The van der Waals surface area contributed by atoms with Crippen LogP contribution in [-0.4, -0.2) is 39.2 Å². The van der Waals surface area contributed by atoms with E-state index in [4.69, 9.17) is 19.0 Å². The number of rotatable bonds is 6. The lowest BCUT2D eigenvalue weighted by Crippen LogP contribution is -2.37. The van der Waals surface area contributed by atoms with E-state index in [0.29, 0.717) is 28.5 Å². The molecule has 2 aliphatic rings. The van der Waals surface area contributed by atoms with Gasteiger partial charge in [-0.05, 0) is 48.9 Å². The van der Waals surface area contributed by atoms with E-state index in [0.717, 1.165) is 11.3 Å². The molecule has 8 heteroatoms. The van der Waals surface area contributed by atoms with Crippen LogP contribution in [0.2, 0.25) is 0 Å². The van der Waals surface area contributed by atoms with Crippen LogP contribution in [0.4, 0.5) is 11.4 Å². The number of aryl methyl sites for hydroxylation is 1. The van der Waals surface area contributed by atoms with Crippen molar-refractivity contribution in [1.29, 1.82) is 0 Å². The number of hydrogen-bond acceptors (Lipinski definition) is 7. The second kappa shape index (κ2) is 8.96. The van der Waals surface area contributed by atoms with Gasteiger partial charge in [-0.15, -0.1) is 0 Å². The largest absolute Gasteiger partial charge is 0.493 e. The van der Waals surface area contributed by atoms with E-state index in [1.807, 2.05) is 49.4 Å². The molecule has 2 fully saturated rings. The lowest BCUT2D eigenvalue weighted by Gasteiger charge is -2.29. The Bertz CT molecular complexity index is 1240. The number of amides is 2. The third-order valence-electron chi connectivity index (χ3n) is 6.45. The van der Waals surface area contributed by atoms with Gasteiger partial charge in [0.2, 0.25) is 11.7 Å². The summed E-state index contributed by atoms with van der Waals surface area (Å²) in [5, 5.41) is 1.64. The molecule has 0 N–H and O–H groups in total. The Morgan fingerprint density at radius 2 is 1.40 bits per heavy atom. The first-order valence-corrected chi connectivity index (χ1v) is 11.2. The van der Waals surface area contributed by atoms with Gasteiger partial charge in [0.15, 0.2) is 17.6 Å². The Hall–Kier alpha value is -4.04. The van der Waals surface area contributed by atoms with Crippen molar-refractivity contribution in [2.45, 2.75) is 19.1 Å². The van der Waals surface area contributed by atoms with E-state index in [9.17, 15) is 9.59 Å². The van der Waals surface area contributed by atoms with Gasteiger partial charge in [0.25, 0.3) is 5.91 Å². The van der Waals surface area contributed by atoms with Gasteiger partial charge in [-0.1, -0.05) is 35.9 Å². The molecule has 0 radical (unpaired) electrons. The molecule has 2 heterocycles. The molecule has 0 aliphatic carbocycles. The molecule has 180 valence electrons. The van der Waals surface area contributed by atoms with Gasteiger partial charge in [-0.3, -0.25) is 14.4 Å². The molecule has 0 spiro atoms. The SMILES string of the molecule is COc1cc([C@H]2[C@@H]3C(=O)N(c4ccc(C)cc4)C(=O)[C@H]3ON2c2ccccc2)cc(OC)c1OC. The summed E-state index contributed by atoms with van der Waals surface area (Å²) in [5.74, 6) is -0.140. The van der Waals surface area contributed by atoms with Gasteiger partial charge in [-0.2, -0.15) is 0 Å². The molecular weight excluding hydrogens is 448 g/mol. The number of nitrogens with zero attached hydrogens (tertiary/aromatic N) is 2. The van der Waals surface area contributed by atoms with Crippen LogP contribution >= 0.6 is 0 Å². The zero-order valence-electron chi connectivity index (χ0n) is 19.9. The molecule has 8 nitrogen and oxygen atoms in total. The van der Waals surface area contributed by atoms with E-state index in [-0.39, 0.29) is 11.8 Å². The quantitative estimate of drug-likeness (QED) is 0.499. The molecule has 0 saturated carbocycles. The van der Waals surface area contributed by atoms with Gasteiger partial charge in [0.1, 0.15) is 5.92 Å². The van der Waals surface area contributed by atoms with Crippen molar-refractivity contribution >= 4 is 23.2 Å². The third-order valence-corrected chi connectivity index (χ3v) is 6.45. The number of benzene rings is 3. The summed E-state index contributed by atoms with van der Waals surface area (Å²) >= 11 is 0. The summed E-state index contributed by atoms with van der Waals surface area (Å²) in [6.45, 7) is 1.95. The number of fused-ring (bicyclic) bond motifs is 1. The van der Waals surface area contributed by atoms with E-state index in [1.165, 1.54) is 26.2 Å². The minimum atomic E-state index is -0.965. The maximum Gasteiger partial charge on any atom is 0.266 e. The van der Waals surface area contributed by atoms with E-state index < -0.39 is 18.1 Å². The van der Waals surface area contributed by atoms with Crippen molar-refractivity contribution in [3.8, 4) is 17.2 Å². The number of hydrogen-bond donors (Lipinski definition) is 0. The highest BCUT2D eigenvalue weighted by Gasteiger charge is 2.60. The van der Waals surface area contributed by atoms with Crippen LogP contribution in [0.5, 0.6) is 17.2 Å². The summed E-state index contributed by atoms with van der Waals surface area (Å²) in [6, 6.07) is 19.7. The van der Waals surface area contributed by atoms with Crippen LogP contribution in [0.25, 0.3) is 0 Å². The van der Waals surface area contributed by atoms with Crippen LogP contribution in [0, 0.1) is 12.8 Å². The molecular formula is C27H26N2O6. The smallest absolute Gasteiger partial charge is 0.266 e. The second-order valence-corrected chi connectivity index (χ2v) is 8.46. The standard InChI is InChI=1S/C27H26N2O6/c1-16-10-12-18(13-11-16)28-26(30)22-23(17-14-20(32-2)24(34-4)21(15-17)33-3)29(35-25(22)27(28)31)19-8-6-5-7-9-19/h5-15,22-23,25H,1-4H3/t22-,23-,25-/m0/s1. The molecule has 2 amide bonds. The summed E-state index contributed by atoms with van der Waals surface area (Å²) in [6.07, 6.45) is -0.965. The highest BCUT2D eigenvalue weighted by molar-refractivity contribution is 6.23. The molecule has 0 unspecified atom stereocenters. The fourth-order valence-electron chi connectivity index (χ4n) is 4.77. The van der Waals surface area contributed by atoms with Crippen molar-refractivity contribution in [2.24, 2.45) is 5.92 Å². The van der Waals surface area contributed by atoms with Crippen molar-refractivity contribution in [3.63, 3.8) is 0 Å². The van der Waals surface area contributed by atoms with Crippen LogP contribution in [0.3, 0.4) is 0 Å². The van der Waals surface area contributed by atoms with Crippen molar-refractivity contribution in [1.82, 2.24) is 0 Å². The minimum absolute atomic E-state index is 0.318. The maximum atomic E-state index is 13.8. The first kappa shape index (κ1) is 22.7. The van der Waals surface area contributed by atoms with Crippen molar-refractivity contribution in [2.75, 3.05) is 31.3 Å². The lowest BCUT2D eigenvalue weighted by molar-refractivity contribution is -0.126. The van der Waals surface area contributed by atoms with E-state index >= 15 is 0 Å². The number of carbonyl (C=O) groups excluding carboxylic acids is 2. The van der Waals surface area contributed by atoms with Crippen LogP contribution in [-0.2, 0) is 14.4 Å². The molecule has 0 aromatic heterocycles. The summed E-state index contributed by atoms with van der Waals surface area (Å²) < 4.78 is 16.6. The monoisotopic (exact) mass is 474 g/mol. The summed E-state index contributed by atoms with van der Waals surface area (Å²) in [7, 11) is 4.60. The molecule has 3 atom stereocenters. The third kappa shape index (κ3) is 3.66. The second-order valence-electron chi connectivity index (χ2n) is 8.46. The topological polar surface area (TPSA) is 77.5 Å². The van der Waals surface area contributed by atoms with Gasteiger partial charge in [-0.25, -0.2) is 9.96 Å². The Labute approximate surface area is 203 Å². The number of anilines is 2. The normalized spacial score (nSPS) is 21.3. The Balaban J connectivity index is 1.64. The fraction of sp³-hybridized carbons (Fsp3) is 0.259. The van der Waals surface area contributed by atoms with Gasteiger partial charge < -0.3 is 14.2 Å². The number of methoxy groups -OCH3 is 3. The number of imide groups is 1. The Morgan fingerprint density at radius 3 is 1.97 bits per heavy atom. The first-order valence-electron chi connectivity index (χ1n) is 11.2. The molecule has 35 heavy (non-hydrogen) atoms. The van der Waals surface area contributed by atoms with Gasteiger partial charge in [0.05, 0.1) is 38.7 Å². The summed E-state index contributed by atoms with van der Waals surface area (Å²) in [5.41, 5.74) is 2.99. The number of ether oxygens (including phenoxy) is 3. The molecule has 2 aliphatic heterocycles. The van der Waals surface area contributed by atoms with E-state index in [2.05, 4.69) is 0 Å². The summed E-state index contributed by atoms with van der Waals surface area (Å²) in [4.78, 5) is 34.7. The predicted molar refractivity (Wildman–Crippen MR) is 130 cm³/mol. The number of hydroxylamine groups is 1. The number of para-hydroxylation sites is 1. The van der Waals surface area contributed by atoms with Crippen molar-refractivity contribution < 1.29 is 28.6 Å². The first-order chi connectivity index (χ1) is 17.0. The van der Waals surface area contributed by atoms with Crippen LogP contribution in [0.1, 0.15) is 17.2 Å². The van der Waals surface area contributed by atoms with Crippen LogP contribution < -0.4 is 24.2 Å². The molecule has 5 rings (SSSR count). The van der Waals surface area contributed by atoms with Crippen molar-refractivity contribution in [3.05, 3.63) is 77.9 Å². The molecule has 2 saturated heterocycles. The fourth-order valence-corrected chi connectivity index (χ4v) is 4.77. The highest BCUT2D eigenvalue weighted by atomic mass is 16.7. The molecule has 3 aromatic carbocycles. The highest BCUT2D eigenvalue weighted by Crippen LogP contribution is 2.50. The Morgan fingerprint density at radius 1 is 0.771 bits per heavy atom. The molecule has 3 aromatic rings. The van der Waals surface area contributed by atoms with Crippen LogP contribution in [0.15, 0.2) is 66.7 Å². The zero-order chi connectivity index (χ0) is 24.7. The Kier molecular flexibility index (Phi) is 5.82. The maximum absolute atomic E-state index is 13.8. The predicted octanol–water partition coefficient (Wildman–Crippen LogP) is 4.07. The van der Waals surface area contributed by atoms with Gasteiger partial charge >= 0.3 is 0 Å². The number of carbonyl (C=O) groups is 2. The average Bonchev–Trinajstić information content (AvgIpc) is 3.40. The molecule has 0 bridgehead atoms. The minimum Gasteiger partial charge on any atom is -0.493 e. The lowest BCUT2D eigenvalue weighted by atomic mass is 9.90. The van der Waals surface area contributed by atoms with Gasteiger partial charge in [0, 0.05) is 0 Å². The average molecular weight is 475 g/mol. The zero-order valence-corrected chi connectivity index (χ0v) is 19.9. The van der Waals surface area contributed by atoms with E-state index in [1.54, 1.807) is 29.3 Å².